The summed E-state index contributed by atoms with van der Waals surface area (Å²) in [6, 6.07) is 13.8. The van der Waals surface area contributed by atoms with Crippen LogP contribution >= 0.6 is 39.0 Å². The number of carbonyl (C=O) groups is 1. The number of anilines is 1. The zero-order chi connectivity index (χ0) is 20.1. The fraction of sp³-hybridized carbons (Fsp3) is 0.333. The van der Waals surface area contributed by atoms with Crippen LogP contribution in [0.5, 0.6) is 0 Å². The van der Waals surface area contributed by atoms with E-state index in [1.165, 1.54) is 0 Å². The molecule has 0 spiro atoms. The largest absolute Gasteiger partial charge is 0.302 e. The number of halogens is 1. The van der Waals surface area contributed by atoms with E-state index in [0.717, 1.165) is 44.4 Å². The molecule has 28 heavy (non-hydrogen) atoms. The number of amides is 1. The number of hydrogen-bond donors (Lipinski definition) is 0. The predicted octanol–water partition coefficient (Wildman–Crippen LogP) is 5.77. The highest BCUT2D eigenvalue weighted by atomic mass is 79.9. The third-order valence-corrected chi connectivity index (χ3v) is 6.96. The number of thioether (sulfide) groups is 1. The van der Waals surface area contributed by atoms with Crippen molar-refractivity contribution in [1.29, 1.82) is 0 Å². The highest BCUT2D eigenvalue weighted by Gasteiger charge is 2.22. The van der Waals surface area contributed by atoms with Crippen molar-refractivity contribution < 1.29 is 4.79 Å². The lowest BCUT2D eigenvalue weighted by atomic mass is 10.2. The summed E-state index contributed by atoms with van der Waals surface area (Å²) in [5.41, 5.74) is 1.61. The van der Waals surface area contributed by atoms with Crippen LogP contribution < -0.4 is 4.90 Å². The van der Waals surface area contributed by atoms with Gasteiger partial charge >= 0.3 is 0 Å². The van der Waals surface area contributed by atoms with Gasteiger partial charge in [0.2, 0.25) is 0 Å². The van der Waals surface area contributed by atoms with Gasteiger partial charge in [0.25, 0.3) is 5.91 Å². The van der Waals surface area contributed by atoms with Crippen LogP contribution in [-0.2, 0) is 0 Å². The summed E-state index contributed by atoms with van der Waals surface area (Å²) in [4.78, 5) is 23.4. The van der Waals surface area contributed by atoms with Crippen molar-refractivity contribution in [1.82, 2.24) is 9.88 Å². The van der Waals surface area contributed by atoms with Crippen LogP contribution in [0.4, 0.5) is 5.13 Å². The molecule has 0 N–H and O–H groups in total. The second-order valence-corrected chi connectivity index (χ2v) is 9.13. The van der Waals surface area contributed by atoms with Crippen LogP contribution in [0.25, 0.3) is 10.2 Å². The first kappa shape index (κ1) is 21.3. The van der Waals surface area contributed by atoms with Crippen molar-refractivity contribution in [2.45, 2.75) is 18.7 Å². The van der Waals surface area contributed by atoms with Crippen molar-refractivity contribution in [3.8, 4) is 0 Å². The molecule has 0 aliphatic heterocycles. The minimum Gasteiger partial charge on any atom is -0.302 e. The van der Waals surface area contributed by atoms with Gasteiger partial charge in [-0.25, -0.2) is 4.98 Å². The van der Waals surface area contributed by atoms with Crippen LogP contribution in [0.1, 0.15) is 24.2 Å². The number of hydrogen-bond acceptors (Lipinski definition) is 5. The SMILES string of the molecule is CCN(CC)CCN(C(=O)c1ccc(SC)cc1)c1nc2ccc(Br)cc2s1. The lowest BCUT2D eigenvalue weighted by Crippen LogP contribution is -2.38. The molecule has 0 saturated heterocycles. The van der Waals surface area contributed by atoms with Gasteiger partial charge in [0.1, 0.15) is 0 Å². The van der Waals surface area contributed by atoms with Crippen LogP contribution in [0.15, 0.2) is 51.8 Å². The number of aromatic nitrogens is 1. The highest BCUT2D eigenvalue weighted by Crippen LogP contribution is 2.31. The molecule has 0 radical (unpaired) electrons. The Labute approximate surface area is 183 Å². The van der Waals surface area contributed by atoms with Gasteiger partial charge in [0.15, 0.2) is 5.13 Å². The third kappa shape index (κ3) is 4.95. The Kier molecular flexibility index (Phi) is 7.51. The Morgan fingerprint density at radius 1 is 1.11 bits per heavy atom. The van der Waals surface area contributed by atoms with Crippen molar-refractivity contribution in [2.75, 3.05) is 37.3 Å². The molecule has 0 aliphatic carbocycles. The Morgan fingerprint density at radius 3 is 2.46 bits per heavy atom. The summed E-state index contributed by atoms with van der Waals surface area (Å²) in [5.74, 6) is -0.00192. The van der Waals surface area contributed by atoms with Gasteiger partial charge in [-0.05, 0) is 61.8 Å². The fourth-order valence-corrected chi connectivity index (χ4v) is 4.91. The monoisotopic (exact) mass is 477 g/mol. The van der Waals surface area contributed by atoms with E-state index >= 15 is 0 Å². The van der Waals surface area contributed by atoms with E-state index < -0.39 is 0 Å². The molecule has 0 aliphatic rings. The van der Waals surface area contributed by atoms with E-state index in [2.05, 4.69) is 40.7 Å². The molecule has 3 rings (SSSR count). The lowest BCUT2D eigenvalue weighted by molar-refractivity contribution is 0.0983. The molecule has 3 aromatic rings. The first-order valence-electron chi connectivity index (χ1n) is 9.30. The molecule has 4 nitrogen and oxygen atoms in total. The predicted molar refractivity (Wildman–Crippen MR) is 125 cm³/mol. The van der Waals surface area contributed by atoms with Gasteiger partial charge in [-0.1, -0.05) is 41.1 Å². The quantitative estimate of drug-likeness (QED) is 0.385. The summed E-state index contributed by atoms with van der Waals surface area (Å²) < 4.78 is 2.09. The normalized spacial score (nSPS) is 11.3. The molecule has 0 fully saturated rings. The first-order valence-corrected chi connectivity index (χ1v) is 12.1. The van der Waals surface area contributed by atoms with Gasteiger partial charge in [-0.2, -0.15) is 0 Å². The van der Waals surface area contributed by atoms with E-state index in [0.29, 0.717) is 12.1 Å². The summed E-state index contributed by atoms with van der Waals surface area (Å²) >= 11 is 6.75. The Hall–Kier alpha value is -1.41. The zero-order valence-corrected chi connectivity index (χ0v) is 19.5. The molecule has 0 bridgehead atoms. The summed E-state index contributed by atoms with van der Waals surface area (Å²) in [7, 11) is 0. The number of thiazole rings is 1. The fourth-order valence-electron chi connectivity index (χ4n) is 2.96. The molecule has 0 saturated carbocycles. The number of carbonyl (C=O) groups excluding carboxylic acids is 1. The van der Waals surface area contributed by atoms with Gasteiger partial charge in [-0.3, -0.25) is 9.69 Å². The van der Waals surface area contributed by atoms with Crippen LogP contribution in [-0.4, -0.2) is 48.2 Å². The van der Waals surface area contributed by atoms with E-state index in [1.807, 2.05) is 47.6 Å². The molecule has 1 heterocycles. The van der Waals surface area contributed by atoms with E-state index in [-0.39, 0.29) is 5.91 Å². The van der Waals surface area contributed by atoms with Gasteiger partial charge in [0.05, 0.1) is 10.2 Å². The maximum absolute atomic E-state index is 13.3. The molecule has 0 atom stereocenters. The molecule has 1 aromatic heterocycles. The standard InChI is InChI=1S/C21H24BrN3OS2/c1-4-24(5-2)12-13-25(20(26)15-6-9-17(27-3)10-7-15)21-23-18-11-8-16(22)14-19(18)28-21/h6-11,14H,4-5,12-13H2,1-3H3. The number of likely N-dealkylation sites (N-methyl/N-ethyl adjacent to an activating group) is 1. The highest BCUT2D eigenvalue weighted by molar-refractivity contribution is 9.10. The number of fused-ring (bicyclic) bond motifs is 1. The van der Waals surface area contributed by atoms with Crippen LogP contribution in [0.2, 0.25) is 0 Å². The second kappa shape index (κ2) is 9.87. The number of rotatable bonds is 8. The smallest absolute Gasteiger partial charge is 0.260 e. The van der Waals surface area contributed by atoms with Crippen molar-refractivity contribution in [2.24, 2.45) is 0 Å². The van der Waals surface area contributed by atoms with Crippen molar-refractivity contribution in [3.63, 3.8) is 0 Å². The summed E-state index contributed by atoms with van der Waals surface area (Å²) in [5, 5.41) is 0.749. The molecule has 2 aromatic carbocycles. The van der Waals surface area contributed by atoms with Crippen molar-refractivity contribution >= 4 is 60.3 Å². The average Bonchev–Trinajstić information content (AvgIpc) is 3.13. The summed E-state index contributed by atoms with van der Waals surface area (Å²) in [6.45, 7) is 7.66. The average molecular weight is 478 g/mol. The zero-order valence-electron chi connectivity index (χ0n) is 16.3. The number of benzene rings is 2. The van der Waals surface area contributed by atoms with Crippen LogP contribution in [0, 0.1) is 0 Å². The maximum atomic E-state index is 13.3. The number of nitrogens with zero attached hydrogens (tertiary/aromatic N) is 3. The van der Waals surface area contributed by atoms with Crippen molar-refractivity contribution in [3.05, 3.63) is 52.5 Å². The minimum atomic E-state index is -0.00192. The molecular formula is C21H24BrN3OS2. The summed E-state index contributed by atoms with van der Waals surface area (Å²) in [6.07, 6.45) is 2.03. The van der Waals surface area contributed by atoms with Crippen LogP contribution in [0.3, 0.4) is 0 Å². The van der Waals surface area contributed by atoms with Gasteiger partial charge in [0, 0.05) is 28.0 Å². The first-order chi connectivity index (χ1) is 13.5. The molecule has 7 heteroatoms. The van der Waals surface area contributed by atoms with Gasteiger partial charge < -0.3 is 4.90 Å². The Morgan fingerprint density at radius 2 is 1.82 bits per heavy atom. The topological polar surface area (TPSA) is 36.4 Å². The van der Waals surface area contributed by atoms with E-state index in [9.17, 15) is 4.79 Å². The molecule has 1 amide bonds. The van der Waals surface area contributed by atoms with Gasteiger partial charge in [-0.15, -0.1) is 11.8 Å². The third-order valence-electron chi connectivity index (χ3n) is 4.69. The van der Waals surface area contributed by atoms with E-state index in [4.69, 9.17) is 4.98 Å². The Balaban J connectivity index is 1.93. The Bertz CT molecular complexity index is 938. The lowest BCUT2D eigenvalue weighted by Gasteiger charge is -2.24. The molecule has 0 unspecified atom stereocenters. The molecule has 148 valence electrons. The second-order valence-electron chi connectivity index (χ2n) is 6.32. The molecular weight excluding hydrogens is 454 g/mol. The minimum absolute atomic E-state index is 0.00192. The van der Waals surface area contributed by atoms with E-state index in [1.54, 1.807) is 23.1 Å². The maximum Gasteiger partial charge on any atom is 0.260 e.